The zero-order valence-corrected chi connectivity index (χ0v) is 13.3. The van der Waals surface area contributed by atoms with E-state index in [1.807, 2.05) is 19.9 Å². The van der Waals surface area contributed by atoms with Crippen molar-refractivity contribution in [1.82, 2.24) is 0 Å². The monoisotopic (exact) mass is 302 g/mol. The molecule has 0 saturated heterocycles. The fourth-order valence-electron chi connectivity index (χ4n) is 3.11. The van der Waals surface area contributed by atoms with Gasteiger partial charge in [-0.15, -0.1) is 0 Å². The van der Waals surface area contributed by atoms with Crippen LogP contribution in [0, 0.1) is 11.8 Å². The van der Waals surface area contributed by atoms with Gasteiger partial charge >= 0.3 is 5.97 Å². The van der Waals surface area contributed by atoms with E-state index in [0.29, 0.717) is 6.42 Å². The van der Waals surface area contributed by atoms with Gasteiger partial charge in [-0.3, -0.25) is 14.4 Å². The molecule has 0 aliphatic heterocycles. The standard InChI is InChI=1S/C18H22O4/c1-11(2)5-4-6-13-9-14-15(20)7-8-16(21)18(14)17(10-13)22-12(3)19/h5,7-8,10,14,17-18H,4,6,9H2,1-3H3/t14-,17-,18-/m1/s1. The molecule has 0 saturated carbocycles. The fourth-order valence-corrected chi connectivity index (χ4v) is 3.11. The number of carbonyl (C=O) groups is 3. The first-order chi connectivity index (χ1) is 10.4. The number of allylic oxidation sites excluding steroid dienone is 5. The maximum absolute atomic E-state index is 12.1. The molecule has 2 aliphatic carbocycles. The number of carbonyl (C=O) groups excluding carboxylic acids is 3. The van der Waals surface area contributed by atoms with Crippen LogP contribution in [0.5, 0.6) is 0 Å². The molecule has 0 amide bonds. The van der Waals surface area contributed by atoms with Gasteiger partial charge in [-0.2, -0.15) is 0 Å². The highest BCUT2D eigenvalue weighted by molar-refractivity contribution is 6.08. The largest absolute Gasteiger partial charge is 0.457 e. The predicted molar refractivity (Wildman–Crippen MR) is 83.1 cm³/mol. The van der Waals surface area contributed by atoms with Crippen LogP contribution in [0.15, 0.2) is 35.5 Å². The van der Waals surface area contributed by atoms with Gasteiger partial charge in [-0.1, -0.05) is 17.2 Å². The fraction of sp³-hybridized carbons (Fsp3) is 0.500. The maximum atomic E-state index is 12.1. The molecule has 3 atom stereocenters. The molecule has 0 radical (unpaired) electrons. The van der Waals surface area contributed by atoms with Crippen LogP contribution < -0.4 is 0 Å². The minimum atomic E-state index is -0.626. The summed E-state index contributed by atoms with van der Waals surface area (Å²) in [7, 11) is 0. The minimum absolute atomic E-state index is 0.0467. The van der Waals surface area contributed by atoms with E-state index >= 15 is 0 Å². The van der Waals surface area contributed by atoms with E-state index in [9.17, 15) is 14.4 Å². The number of rotatable bonds is 4. The summed E-state index contributed by atoms with van der Waals surface area (Å²) < 4.78 is 5.30. The Morgan fingerprint density at radius 2 is 1.91 bits per heavy atom. The molecule has 22 heavy (non-hydrogen) atoms. The third-order valence-electron chi connectivity index (χ3n) is 4.10. The Kier molecular flexibility index (Phi) is 5.11. The van der Waals surface area contributed by atoms with Crippen LogP contribution in [0.3, 0.4) is 0 Å². The van der Waals surface area contributed by atoms with Crippen LogP contribution in [-0.2, 0) is 19.1 Å². The summed E-state index contributed by atoms with van der Waals surface area (Å²) in [6.07, 6.45) is 8.32. The lowest BCUT2D eigenvalue weighted by Crippen LogP contribution is -2.43. The SMILES string of the molecule is CC(=O)O[C@@H]1C=C(CCC=C(C)C)C[C@@H]2C(=O)C=CC(=O)[C@@H]21. The molecule has 0 unspecified atom stereocenters. The molecule has 0 aromatic heterocycles. The maximum Gasteiger partial charge on any atom is 0.303 e. The quantitative estimate of drug-likeness (QED) is 0.592. The summed E-state index contributed by atoms with van der Waals surface area (Å²) in [6.45, 7) is 5.41. The van der Waals surface area contributed by atoms with Crippen molar-refractivity contribution in [2.45, 2.75) is 46.1 Å². The first-order valence-electron chi connectivity index (χ1n) is 7.64. The first-order valence-corrected chi connectivity index (χ1v) is 7.64. The Hall–Kier alpha value is -1.97. The van der Waals surface area contributed by atoms with Gasteiger partial charge in [-0.25, -0.2) is 0 Å². The van der Waals surface area contributed by atoms with Gasteiger partial charge in [0, 0.05) is 12.8 Å². The molecule has 0 N–H and O–H groups in total. The van der Waals surface area contributed by atoms with Gasteiger partial charge in [0.2, 0.25) is 0 Å². The molecular formula is C18H22O4. The van der Waals surface area contributed by atoms with E-state index in [4.69, 9.17) is 4.74 Å². The highest BCUT2D eigenvalue weighted by atomic mass is 16.5. The number of hydrogen-bond donors (Lipinski definition) is 0. The van der Waals surface area contributed by atoms with Crippen molar-refractivity contribution in [2.24, 2.45) is 11.8 Å². The third-order valence-corrected chi connectivity index (χ3v) is 4.10. The van der Waals surface area contributed by atoms with Crippen LogP contribution in [-0.4, -0.2) is 23.6 Å². The molecule has 0 aromatic rings. The smallest absolute Gasteiger partial charge is 0.303 e. The molecule has 118 valence electrons. The minimum Gasteiger partial charge on any atom is -0.457 e. The normalized spacial score (nSPS) is 27.0. The molecule has 0 fully saturated rings. The summed E-state index contributed by atoms with van der Waals surface area (Å²) in [4.78, 5) is 35.5. The van der Waals surface area contributed by atoms with Crippen LogP contribution >= 0.6 is 0 Å². The van der Waals surface area contributed by atoms with Gasteiger partial charge in [0.1, 0.15) is 6.10 Å². The van der Waals surface area contributed by atoms with Crippen molar-refractivity contribution >= 4 is 17.5 Å². The van der Waals surface area contributed by atoms with Crippen LogP contribution in [0.4, 0.5) is 0 Å². The second-order valence-electron chi connectivity index (χ2n) is 6.19. The predicted octanol–water partition coefficient (Wildman–Crippen LogP) is 2.94. The first kappa shape index (κ1) is 16.4. The van der Waals surface area contributed by atoms with Crippen molar-refractivity contribution in [3.05, 3.63) is 35.5 Å². The lowest BCUT2D eigenvalue weighted by Gasteiger charge is -2.35. The summed E-state index contributed by atoms with van der Waals surface area (Å²) >= 11 is 0. The van der Waals surface area contributed by atoms with E-state index in [1.54, 1.807) is 0 Å². The molecule has 4 heteroatoms. The average molecular weight is 302 g/mol. The van der Waals surface area contributed by atoms with Crippen molar-refractivity contribution < 1.29 is 19.1 Å². The summed E-state index contributed by atoms with van der Waals surface area (Å²) in [6, 6.07) is 0. The Labute approximate surface area is 130 Å². The zero-order valence-electron chi connectivity index (χ0n) is 13.3. The van der Waals surface area contributed by atoms with Crippen molar-refractivity contribution in [2.75, 3.05) is 0 Å². The number of esters is 1. The van der Waals surface area contributed by atoms with Gasteiger partial charge in [0.25, 0.3) is 0 Å². The highest BCUT2D eigenvalue weighted by Gasteiger charge is 2.43. The number of ether oxygens (including phenoxy) is 1. The van der Waals surface area contributed by atoms with Crippen molar-refractivity contribution in [1.29, 1.82) is 0 Å². The molecule has 0 heterocycles. The van der Waals surface area contributed by atoms with Crippen LogP contribution in [0.25, 0.3) is 0 Å². The second-order valence-corrected chi connectivity index (χ2v) is 6.19. The molecule has 4 nitrogen and oxygen atoms in total. The molecular weight excluding hydrogens is 280 g/mol. The Morgan fingerprint density at radius 3 is 2.55 bits per heavy atom. The second kappa shape index (κ2) is 6.86. The van der Waals surface area contributed by atoms with Crippen LogP contribution in [0.1, 0.15) is 40.0 Å². The lowest BCUT2D eigenvalue weighted by molar-refractivity contribution is -0.151. The summed E-state index contributed by atoms with van der Waals surface area (Å²) in [5.74, 6) is -1.56. The van der Waals surface area contributed by atoms with Gasteiger partial charge in [0.15, 0.2) is 11.6 Å². The van der Waals surface area contributed by atoms with Crippen LogP contribution in [0.2, 0.25) is 0 Å². The summed E-state index contributed by atoms with van der Waals surface area (Å²) in [5.41, 5.74) is 2.33. The summed E-state index contributed by atoms with van der Waals surface area (Å²) in [5, 5.41) is 0. The molecule has 2 aliphatic rings. The Bertz CT molecular complexity index is 576. The Balaban J connectivity index is 2.22. The molecule has 0 aromatic carbocycles. The van der Waals surface area contributed by atoms with Crippen molar-refractivity contribution in [3.63, 3.8) is 0 Å². The average Bonchev–Trinajstić information content (AvgIpc) is 2.41. The molecule has 0 bridgehead atoms. The van der Waals surface area contributed by atoms with E-state index in [1.165, 1.54) is 24.6 Å². The number of ketones is 2. The molecule has 2 rings (SSSR count). The number of hydrogen-bond acceptors (Lipinski definition) is 4. The van der Waals surface area contributed by atoms with Gasteiger partial charge < -0.3 is 4.74 Å². The zero-order chi connectivity index (χ0) is 16.3. The van der Waals surface area contributed by atoms with E-state index in [0.717, 1.165) is 18.4 Å². The van der Waals surface area contributed by atoms with Gasteiger partial charge in [-0.05, 0) is 51.3 Å². The Morgan fingerprint density at radius 1 is 1.23 bits per heavy atom. The van der Waals surface area contributed by atoms with Crippen molar-refractivity contribution in [3.8, 4) is 0 Å². The van der Waals surface area contributed by atoms with E-state index in [2.05, 4.69) is 6.08 Å². The lowest BCUT2D eigenvalue weighted by atomic mass is 9.70. The van der Waals surface area contributed by atoms with Gasteiger partial charge in [0.05, 0.1) is 5.92 Å². The highest BCUT2D eigenvalue weighted by Crippen LogP contribution is 2.37. The van der Waals surface area contributed by atoms with E-state index < -0.39 is 23.9 Å². The number of fused-ring (bicyclic) bond motifs is 1. The third kappa shape index (κ3) is 3.81. The van der Waals surface area contributed by atoms with E-state index in [-0.39, 0.29) is 11.6 Å². The molecule has 0 spiro atoms. The topological polar surface area (TPSA) is 60.4 Å².